The Hall–Kier alpha value is -1.60. The van der Waals surface area contributed by atoms with Crippen molar-refractivity contribution in [2.75, 3.05) is 13.1 Å². The molecule has 0 aromatic heterocycles. The van der Waals surface area contributed by atoms with E-state index in [-0.39, 0.29) is 0 Å². The molecule has 0 aliphatic rings. The monoisotopic (exact) mass is 281 g/mol. The zero-order valence-electron chi connectivity index (χ0n) is 13.3. The molecule has 0 saturated heterocycles. The highest BCUT2D eigenvalue weighted by Gasteiger charge is 2.12. The first-order valence-corrected chi connectivity index (χ1v) is 8.08. The van der Waals surface area contributed by atoms with E-state index >= 15 is 0 Å². The van der Waals surface area contributed by atoms with Crippen LogP contribution in [0, 0.1) is 5.92 Å². The van der Waals surface area contributed by atoms with Gasteiger partial charge in [-0.1, -0.05) is 74.5 Å². The summed E-state index contributed by atoms with van der Waals surface area (Å²) in [7, 11) is 0. The minimum absolute atomic E-state index is 0.437. The largest absolute Gasteiger partial charge is 0.316 e. The summed E-state index contributed by atoms with van der Waals surface area (Å²) in [5.74, 6) is 1.23. The van der Waals surface area contributed by atoms with Crippen molar-refractivity contribution in [1.29, 1.82) is 0 Å². The Bertz CT molecular complexity index is 450. The second kappa shape index (κ2) is 8.63. The Balaban J connectivity index is 1.97. The van der Waals surface area contributed by atoms with E-state index in [0.717, 1.165) is 19.0 Å². The Morgan fingerprint density at radius 2 is 1.33 bits per heavy atom. The average Bonchev–Trinajstić information content (AvgIpc) is 2.52. The van der Waals surface area contributed by atoms with Crippen molar-refractivity contribution in [1.82, 2.24) is 5.32 Å². The number of nitrogens with one attached hydrogen (secondary N) is 1. The Kier molecular flexibility index (Phi) is 6.49. The molecule has 0 atom stereocenters. The predicted octanol–water partition coefficient (Wildman–Crippen LogP) is 4.84. The summed E-state index contributed by atoms with van der Waals surface area (Å²) in [5, 5.41) is 3.64. The van der Waals surface area contributed by atoms with Gasteiger partial charge in [0.2, 0.25) is 0 Å². The third-order valence-electron chi connectivity index (χ3n) is 3.89. The fraction of sp³-hybridized carbons (Fsp3) is 0.400. The van der Waals surface area contributed by atoms with Crippen molar-refractivity contribution < 1.29 is 0 Å². The van der Waals surface area contributed by atoms with E-state index in [4.69, 9.17) is 0 Å². The van der Waals surface area contributed by atoms with E-state index in [1.54, 1.807) is 0 Å². The molecule has 0 fully saturated rings. The standard InChI is InChI=1S/C20H27N/c1-17(2)10-9-15-21-16-20(18-11-5-3-6-12-18)19-13-7-4-8-14-19/h3-8,11-14,17,20-21H,9-10,15-16H2,1-2H3. The van der Waals surface area contributed by atoms with Gasteiger partial charge in [0.05, 0.1) is 0 Å². The minimum atomic E-state index is 0.437. The van der Waals surface area contributed by atoms with E-state index in [1.807, 2.05) is 0 Å². The third-order valence-corrected chi connectivity index (χ3v) is 3.89. The second-order valence-corrected chi connectivity index (χ2v) is 6.11. The van der Waals surface area contributed by atoms with Crippen LogP contribution in [0.3, 0.4) is 0 Å². The molecule has 1 N–H and O–H groups in total. The van der Waals surface area contributed by atoms with Gasteiger partial charge in [0, 0.05) is 12.5 Å². The molecular weight excluding hydrogens is 254 g/mol. The molecule has 0 radical (unpaired) electrons. The lowest BCUT2D eigenvalue weighted by Gasteiger charge is -2.19. The molecule has 0 bridgehead atoms. The molecule has 0 unspecified atom stereocenters. The van der Waals surface area contributed by atoms with Gasteiger partial charge in [-0.05, 0) is 36.4 Å². The van der Waals surface area contributed by atoms with Gasteiger partial charge in [0.1, 0.15) is 0 Å². The topological polar surface area (TPSA) is 12.0 Å². The zero-order valence-corrected chi connectivity index (χ0v) is 13.3. The van der Waals surface area contributed by atoms with Gasteiger partial charge < -0.3 is 5.32 Å². The molecule has 0 aliphatic heterocycles. The van der Waals surface area contributed by atoms with Crippen molar-refractivity contribution in [3.05, 3.63) is 71.8 Å². The average molecular weight is 281 g/mol. The maximum Gasteiger partial charge on any atom is 0.0214 e. The number of hydrogen-bond donors (Lipinski definition) is 1. The van der Waals surface area contributed by atoms with Crippen LogP contribution in [0.1, 0.15) is 43.7 Å². The van der Waals surface area contributed by atoms with Crippen LogP contribution in [0.2, 0.25) is 0 Å². The van der Waals surface area contributed by atoms with Crippen molar-refractivity contribution in [3.8, 4) is 0 Å². The van der Waals surface area contributed by atoms with Crippen molar-refractivity contribution >= 4 is 0 Å². The van der Waals surface area contributed by atoms with Crippen molar-refractivity contribution in [3.63, 3.8) is 0 Å². The van der Waals surface area contributed by atoms with Crippen LogP contribution in [0.15, 0.2) is 60.7 Å². The van der Waals surface area contributed by atoms with Crippen LogP contribution in [-0.4, -0.2) is 13.1 Å². The fourth-order valence-corrected chi connectivity index (χ4v) is 2.68. The molecule has 0 saturated carbocycles. The van der Waals surface area contributed by atoms with Crippen molar-refractivity contribution in [2.24, 2.45) is 5.92 Å². The summed E-state index contributed by atoms with van der Waals surface area (Å²) in [5.41, 5.74) is 2.78. The summed E-state index contributed by atoms with van der Waals surface area (Å²) in [6, 6.07) is 21.6. The smallest absolute Gasteiger partial charge is 0.0214 e. The first-order valence-electron chi connectivity index (χ1n) is 8.08. The highest BCUT2D eigenvalue weighted by atomic mass is 14.9. The quantitative estimate of drug-likeness (QED) is 0.682. The lowest BCUT2D eigenvalue weighted by atomic mass is 9.91. The fourth-order valence-electron chi connectivity index (χ4n) is 2.68. The van der Waals surface area contributed by atoms with Crippen LogP contribution < -0.4 is 5.32 Å². The lowest BCUT2D eigenvalue weighted by molar-refractivity contribution is 0.521. The highest BCUT2D eigenvalue weighted by Crippen LogP contribution is 2.23. The third kappa shape index (κ3) is 5.35. The van der Waals surface area contributed by atoms with Gasteiger partial charge in [-0.2, -0.15) is 0 Å². The van der Waals surface area contributed by atoms with E-state index < -0.39 is 0 Å². The van der Waals surface area contributed by atoms with E-state index in [0.29, 0.717) is 5.92 Å². The first-order chi connectivity index (χ1) is 10.3. The molecule has 21 heavy (non-hydrogen) atoms. The molecule has 0 spiro atoms. The molecule has 0 amide bonds. The normalized spacial score (nSPS) is 11.2. The molecule has 2 rings (SSSR count). The summed E-state index contributed by atoms with van der Waals surface area (Å²) >= 11 is 0. The van der Waals surface area contributed by atoms with Gasteiger partial charge in [0.15, 0.2) is 0 Å². The summed E-state index contributed by atoms with van der Waals surface area (Å²) in [4.78, 5) is 0. The van der Waals surface area contributed by atoms with E-state index in [2.05, 4.69) is 79.8 Å². The molecule has 0 aliphatic carbocycles. The van der Waals surface area contributed by atoms with Crippen LogP contribution in [0.25, 0.3) is 0 Å². The molecule has 112 valence electrons. The van der Waals surface area contributed by atoms with E-state index in [1.165, 1.54) is 24.0 Å². The summed E-state index contributed by atoms with van der Waals surface area (Å²) in [6.45, 7) is 6.69. The molecular formula is C20H27N. The Morgan fingerprint density at radius 1 is 0.810 bits per heavy atom. The Morgan fingerprint density at radius 3 is 1.81 bits per heavy atom. The molecule has 2 aromatic rings. The molecule has 2 aromatic carbocycles. The summed E-state index contributed by atoms with van der Waals surface area (Å²) < 4.78 is 0. The highest BCUT2D eigenvalue weighted by molar-refractivity contribution is 5.32. The minimum Gasteiger partial charge on any atom is -0.316 e. The number of benzene rings is 2. The van der Waals surface area contributed by atoms with Crippen LogP contribution in [-0.2, 0) is 0 Å². The molecule has 0 heterocycles. The predicted molar refractivity (Wildman–Crippen MR) is 91.7 cm³/mol. The van der Waals surface area contributed by atoms with Crippen LogP contribution in [0.5, 0.6) is 0 Å². The summed E-state index contributed by atoms with van der Waals surface area (Å²) in [6.07, 6.45) is 2.56. The Labute approximate surface area is 129 Å². The van der Waals surface area contributed by atoms with Crippen molar-refractivity contribution in [2.45, 2.75) is 32.6 Å². The first kappa shape index (κ1) is 15.8. The van der Waals surface area contributed by atoms with Crippen LogP contribution in [0.4, 0.5) is 0 Å². The maximum absolute atomic E-state index is 3.64. The number of hydrogen-bond acceptors (Lipinski definition) is 1. The van der Waals surface area contributed by atoms with Gasteiger partial charge in [-0.3, -0.25) is 0 Å². The lowest BCUT2D eigenvalue weighted by Crippen LogP contribution is -2.23. The number of rotatable bonds is 8. The maximum atomic E-state index is 3.64. The van der Waals surface area contributed by atoms with Crippen LogP contribution >= 0.6 is 0 Å². The van der Waals surface area contributed by atoms with Gasteiger partial charge in [0.25, 0.3) is 0 Å². The zero-order chi connectivity index (χ0) is 14.9. The van der Waals surface area contributed by atoms with Gasteiger partial charge >= 0.3 is 0 Å². The molecule has 1 heteroatoms. The molecule has 1 nitrogen and oxygen atoms in total. The van der Waals surface area contributed by atoms with Gasteiger partial charge in [-0.15, -0.1) is 0 Å². The SMILES string of the molecule is CC(C)CCCNCC(c1ccccc1)c1ccccc1. The van der Waals surface area contributed by atoms with Gasteiger partial charge in [-0.25, -0.2) is 0 Å². The van der Waals surface area contributed by atoms with E-state index in [9.17, 15) is 0 Å². The second-order valence-electron chi connectivity index (χ2n) is 6.11.